The number of sulfonamides is 1. The van der Waals surface area contributed by atoms with Crippen LogP contribution in [0.3, 0.4) is 0 Å². The summed E-state index contributed by atoms with van der Waals surface area (Å²) in [5, 5.41) is 0. The molecule has 0 spiro atoms. The molecule has 7 nitrogen and oxygen atoms in total. The van der Waals surface area contributed by atoms with Gasteiger partial charge in [0.25, 0.3) is 0 Å². The van der Waals surface area contributed by atoms with Crippen molar-refractivity contribution in [2.45, 2.75) is 25.7 Å². The van der Waals surface area contributed by atoms with E-state index in [0.29, 0.717) is 31.7 Å². The van der Waals surface area contributed by atoms with Gasteiger partial charge in [0.1, 0.15) is 5.70 Å². The van der Waals surface area contributed by atoms with E-state index in [1.54, 1.807) is 24.3 Å². The van der Waals surface area contributed by atoms with E-state index in [4.69, 9.17) is 0 Å². The highest BCUT2D eigenvalue weighted by molar-refractivity contribution is 7.94. The highest BCUT2D eigenvalue weighted by Crippen LogP contribution is 2.34. The van der Waals surface area contributed by atoms with Crippen LogP contribution in [-0.4, -0.2) is 68.5 Å². The molecule has 0 aromatic heterocycles. The van der Waals surface area contributed by atoms with Crippen molar-refractivity contribution in [1.29, 1.82) is 0 Å². The molecule has 2 aromatic rings. The molecule has 0 atom stereocenters. The van der Waals surface area contributed by atoms with Gasteiger partial charge in [-0.15, -0.1) is 0 Å². The molecule has 2 fully saturated rings. The van der Waals surface area contributed by atoms with Gasteiger partial charge in [0.05, 0.1) is 0 Å². The van der Waals surface area contributed by atoms with Crippen molar-refractivity contribution in [3.63, 3.8) is 0 Å². The number of rotatable bonds is 4. The number of allylic oxidation sites excluding steroid dienone is 2. The number of likely N-dealkylation sites (tertiary alicyclic amines) is 1. The van der Waals surface area contributed by atoms with E-state index in [1.165, 1.54) is 4.31 Å². The SMILES string of the molecule is O=C1C(N2CCCCCC2)=C(S(=O)(=O)N2CCN(c3ccccc3)CC2)C(=O)c2ccccc21. The number of nitrogens with zero attached hydrogens (tertiary/aromatic N) is 3. The maximum atomic E-state index is 13.9. The number of ketones is 2. The minimum Gasteiger partial charge on any atom is -0.369 e. The monoisotopic (exact) mass is 479 g/mol. The summed E-state index contributed by atoms with van der Waals surface area (Å²) in [5.74, 6) is -0.932. The molecule has 0 unspecified atom stereocenters. The minimum absolute atomic E-state index is 0.0658. The molecular weight excluding hydrogens is 450 g/mol. The van der Waals surface area contributed by atoms with Gasteiger partial charge >= 0.3 is 0 Å². The molecule has 34 heavy (non-hydrogen) atoms. The standard InChI is InChI=1S/C26H29N3O4S/c30-24-21-12-6-7-13-22(21)25(31)26(23(24)28-14-8-1-2-9-15-28)34(32,33)29-18-16-27(17-19-29)20-10-4-3-5-11-20/h3-7,10-13H,1-2,8-9,14-19H2. The highest BCUT2D eigenvalue weighted by atomic mass is 32.2. The van der Waals surface area contributed by atoms with Gasteiger partial charge < -0.3 is 9.80 Å². The fraction of sp³-hybridized carbons (Fsp3) is 0.385. The molecule has 2 aromatic carbocycles. The van der Waals surface area contributed by atoms with Crippen molar-refractivity contribution < 1.29 is 18.0 Å². The molecule has 0 amide bonds. The Morgan fingerprint density at radius 3 is 1.76 bits per heavy atom. The lowest BCUT2D eigenvalue weighted by Gasteiger charge is -2.37. The molecule has 0 saturated carbocycles. The Morgan fingerprint density at radius 2 is 1.15 bits per heavy atom. The van der Waals surface area contributed by atoms with Crippen molar-refractivity contribution in [2.24, 2.45) is 0 Å². The Balaban J connectivity index is 1.52. The quantitative estimate of drug-likeness (QED) is 0.670. The summed E-state index contributed by atoms with van der Waals surface area (Å²) in [6, 6.07) is 16.4. The fourth-order valence-corrected chi connectivity index (χ4v) is 6.83. The normalized spacial score (nSPS) is 20.4. The van der Waals surface area contributed by atoms with E-state index in [2.05, 4.69) is 4.90 Å². The first kappa shape index (κ1) is 22.8. The number of anilines is 1. The number of carbonyl (C=O) groups is 2. The molecule has 2 aliphatic heterocycles. The first-order valence-electron chi connectivity index (χ1n) is 12.0. The summed E-state index contributed by atoms with van der Waals surface area (Å²) < 4.78 is 29.3. The zero-order valence-electron chi connectivity index (χ0n) is 19.2. The van der Waals surface area contributed by atoms with Crippen molar-refractivity contribution in [2.75, 3.05) is 44.2 Å². The van der Waals surface area contributed by atoms with Crippen LogP contribution in [0, 0.1) is 0 Å². The number of benzene rings is 2. The van der Waals surface area contributed by atoms with Gasteiger partial charge in [0.2, 0.25) is 21.6 Å². The first-order chi connectivity index (χ1) is 16.5. The largest absolute Gasteiger partial charge is 0.369 e. The Morgan fingerprint density at radius 1 is 0.588 bits per heavy atom. The van der Waals surface area contributed by atoms with Crippen LogP contribution in [0.4, 0.5) is 5.69 Å². The van der Waals surface area contributed by atoms with Crippen LogP contribution >= 0.6 is 0 Å². The zero-order valence-corrected chi connectivity index (χ0v) is 20.0. The second-order valence-corrected chi connectivity index (χ2v) is 10.9. The third-order valence-corrected chi connectivity index (χ3v) is 8.87. The lowest BCUT2D eigenvalue weighted by Crippen LogP contribution is -2.50. The molecule has 0 bridgehead atoms. The number of fused-ring (bicyclic) bond motifs is 1. The van der Waals surface area contributed by atoms with E-state index >= 15 is 0 Å². The van der Waals surface area contributed by atoms with Gasteiger partial charge in [-0.3, -0.25) is 9.59 Å². The minimum atomic E-state index is -4.15. The van der Waals surface area contributed by atoms with Crippen molar-refractivity contribution in [3.05, 3.63) is 76.3 Å². The first-order valence-corrected chi connectivity index (χ1v) is 13.4. The van der Waals surface area contributed by atoms with Gasteiger partial charge in [-0.05, 0) is 25.0 Å². The summed E-state index contributed by atoms with van der Waals surface area (Å²) in [4.78, 5) is 30.9. The van der Waals surface area contributed by atoms with Crippen molar-refractivity contribution in [1.82, 2.24) is 9.21 Å². The Hall–Kier alpha value is -2.97. The van der Waals surface area contributed by atoms with E-state index < -0.39 is 15.8 Å². The number of hydrogen-bond acceptors (Lipinski definition) is 6. The van der Waals surface area contributed by atoms with Crippen LogP contribution in [0.5, 0.6) is 0 Å². The maximum Gasteiger partial charge on any atom is 0.249 e. The van der Waals surface area contributed by atoms with E-state index in [0.717, 1.165) is 31.4 Å². The summed E-state index contributed by atoms with van der Waals surface area (Å²) in [6.45, 7) is 2.73. The molecule has 0 radical (unpaired) electrons. The predicted molar refractivity (Wildman–Crippen MR) is 131 cm³/mol. The second-order valence-electron chi connectivity index (χ2n) is 9.01. The van der Waals surface area contributed by atoms with E-state index in [9.17, 15) is 18.0 Å². The van der Waals surface area contributed by atoms with Gasteiger partial charge in [-0.2, -0.15) is 4.31 Å². The summed E-state index contributed by atoms with van der Waals surface area (Å²) in [6.07, 6.45) is 3.81. The van der Waals surface area contributed by atoms with Crippen LogP contribution in [0.1, 0.15) is 46.4 Å². The fourth-order valence-electron chi connectivity index (χ4n) is 5.12. The molecule has 2 heterocycles. The van der Waals surface area contributed by atoms with Crippen LogP contribution in [-0.2, 0) is 10.0 Å². The van der Waals surface area contributed by atoms with Crippen LogP contribution in [0.2, 0.25) is 0 Å². The Bertz CT molecular complexity index is 1220. The van der Waals surface area contributed by atoms with Crippen molar-refractivity contribution >= 4 is 27.3 Å². The summed E-state index contributed by atoms with van der Waals surface area (Å²) in [5.41, 5.74) is 1.57. The number of hydrogen-bond donors (Lipinski definition) is 0. The predicted octanol–water partition coefficient (Wildman–Crippen LogP) is 3.31. The third-order valence-electron chi connectivity index (χ3n) is 6.93. The van der Waals surface area contributed by atoms with Crippen LogP contribution in [0.15, 0.2) is 65.2 Å². The number of piperazine rings is 1. The lowest BCUT2D eigenvalue weighted by atomic mass is 9.91. The molecule has 0 N–H and O–H groups in total. The van der Waals surface area contributed by atoms with Gasteiger partial charge in [-0.1, -0.05) is 55.3 Å². The number of Topliss-reactive ketones (excluding diaryl/α,β-unsaturated/α-hetero) is 2. The average molecular weight is 480 g/mol. The van der Waals surface area contributed by atoms with E-state index in [1.807, 2.05) is 35.2 Å². The van der Waals surface area contributed by atoms with Gasteiger partial charge in [-0.25, -0.2) is 8.42 Å². The molecule has 2 saturated heterocycles. The maximum absolute atomic E-state index is 13.9. The Kier molecular flexibility index (Phi) is 6.27. The average Bonchev–Trinajstić information content (AvgIpc) is 3.16. The number of para-hydroxylation sites is 1. The molecule has 5 rings (SSSR count). The molecule has 8 heteroatoms. The lowest BCUT2D eigenvalue weighted by molar-refractivity contribution is 0.0946. The highest BCUT2D eigenvalue weighted by Gasteiger charge is 2.44. The zero-order chi connectivity index (χ0) is 23.7. The molecule has 3 aliphatic rings. The third kappa shape index (κ3) is 4.05. The molecule has 1 aliphatic carbocycles. The molecular formula is C26H29N3O4S. The molecule has 178 valence electrons. The van der Waals surface area contributed by atoms with Crippen molar-refractivity contribution in [3.8, 4) is 0 Å². The van der Waals surface area contributed by atoms with E-state index in [-0.39, 0.29) is 35.0 Å². The topological polar surface area (TPSA) is 78.0 Å². The summed E-state index contributed by atoms with van der Waals surface area (Å²) in [7, 11) is -4.15. The smallest absolute Gasteiger partial charge is 0.249 e. The van der Waals surface area contributed by atoms with Crippen LogP contribution < -0.4 is 4.90 Å². The van der Waals surface area contributed by atoms with Gasteiger partial charge in [0.15, 0.2) is 4.91 Å². The Labute approximate surface area is 200 Å². The van der Waals surface area contributed by atoms with Crippen LogP contribution in [0.25, 0.3) is 0 Å². The van der Waals surface area contributed by atoms with Gasteiger partial charge in [0, 0.05) is 56.1 Å². The second kappa shape index (κ2) is 9.35. The number of carbonyl (C=O) groups excluding carboxylic acids is 2. The summed E-state index contributed by atoms with van der Waals surface area (Å²) >= 11 is 0.